The van der Waals surface area contributed by atoms with Gasteiger partial charge in [0.2, 0.25) is 5.91 Å². The molecule has 6 nitrogen and oxygen atoms in total. The zero-order valence-corrected chi connectivity index (χ0v) is 16.2. The van der Waals surface area contributed by atoms with Crippen molar-refractivity contribution in [2.75, 3.05) is 51.6 Å². The van der Waals surface area contributed by atoms with Crippen molar-refractivity contribution in [3.8, 4) is 0 Å². The number of nitrogens with zero attached hydrogens (tertiary/aromatic N) is 1. The van der Waals surface area contributed by atoms with E-state index in [4.69, 9.17) is 0 Å². The molecule has 1 saturated heterocycles. The molecule has 0 radical (unpaired) electrons. The first-order valence-corrected chi connectivity index (χ1v) is 9.16. The quantitative estimate of drug-likeness (QED) is 0.614. The van der Waals surface area contributed by atoms with Gasteiger partial charge < -0.3 is 20.0 Å². The molecule has 1 fully saturated rings. The van der Waals surface area contributed by atoms with E-state index < -0.39 is 5.54 Å². The van der Waals surface area contributed by atoms with Crippen LogP contribution in [-0.2, 0) is 9.59 Å². The molecule has 2 amide bonds. The second-order valence-corrected chi connectivity index (χ2v) is 8.09. The molecule has 0 spiro atoms. The fourth-order valence-electron chi connectivity index (χ4n) is 3.09. The van der Waals surface area contributed by atoms with E-state index >= 15 is 0 Å². The fourth-order valence-corrected chi connectivity index (χ4v) is 3.09. The Labute approximate surface area is 154 Å². The summed E-state index contributed by atoms with van der Waals surface area (Å²) in [4.78, 5) is 29.6. The summed E-state index contributed by atoms with van der Waals surface area (Å²) in [5.74, 6) is -0.648. The van der Waals surface area contributed by atoms with Gasteiger partial charge in [0.1, 0.15) is 38.5 Å². The number of carbonyl (C=O) groups is 2. The van der Waals surface area contributed by atoms with Crippen LogP contribution in [0.25, 0.3) is 0 Å². The summed E-state index contributed by atoms with van der Waals surface area (Å²) in [5.41, 5.74) is 0.0690. The number of hydrogen-bond donors (Lipinski definition) is 3. The number of anilines is 1. The lowest BCUT2D eigenvalue weighted by molar-refractivity contribution is -1.000. The molecule has 2 rings (SSSR count). The van der Waals surface area contributed by atoms with Gasteiger partial charge in [0.15, 0.2) is 6.54 Å². The average molecular weight is 366 g/mol. The van der Waals surface area contributed by atoms with Crippen LogP contribution in [0.3, 0.4) is 0 Å². The number of piperazine rings is 1. The second-order valence-electron chi connectivity index (χ2n) is 8.09. The molecule has 1 heterocycles. The number of carbonyl (C=O) groups excluding carboxylic acids is 2. The molecule has 0 bridgehead atoms. The highest BCUT2D eigenvalue weighted by Crippen LogP contribution is 2.14. The van der Waals surface area contributed by atoms with Crippen LogP contribution in [0.5, 0.6) is 0 Å². The summed E-state index contributed by atoms with van der Waals surface area (Å²) in [7, 11) is 2.17. The van der Waals surface area contributed by atoms with Gasteiger partial charge in [0.05, 0.1) is 7.05 Å². The standard InChI is InChI=1S/C19H29FN4O2/c1-19(2,3)24(18(26)14-23-11-9-22(4)10-12-23)13-17(25)21-16-7-5-15(20)6-8-16/h5-8H,9-14H2,1-4H3,(H,21,25)/p+2. The molecule has 0 aromatic heterocycles. The van der Waals surface area contributed by atoms with Crippen molar-refractivity contribution in [2.45, 2.75) is 26.3 Å². The Morgan fingerprint density at radius 2 is 1.69 bits per heavy atom. The molecular formula is C19H31FN4O2+2. The Bertz CT molecular complexity index is 619. The van der Waals surface area contributed by atoms with Crippen LogP contribution in [0.15, 0.2) is 24.3 Å². The van der Waals surface area contributed by atoms with Crippen LogP contribution in [0.4, 0.5) is 10.1 Å². The van der Waals surface area contributed by atoms with Crippen LogP contribution in [0.2, 0.25) is 0 Å². The van der Waals surface area contributed by atoms with E-state index in [-0.39, 0.29) is 24.2 Å². The minimum Gasteiger partial charge on any atom is -0.328 e. The van der Waals surface area contributed by atoms with Crippen molar-refractivity contribution < 1.29 is 23.8 Å². The number of amides is 2. The van der Waals surface area contributed by atoms with E-state index in [0.717, 1.165) is 26.2 Å². The zero-order valence-electron chi connectivity index (χ0n) is 16.2. The maximum atomic E-state index is 13.0. The van der Waals surface area contributed by atoms with Crippen LogP contribution in [0.1, 0.15) is 20.8 Å². The molecule has 0 unspecified atom stereocenters. The van der Waals surface area contributed by atoms with Crippen molar-refractivity contribution in [3.63, 3.8) is 0 Å². The lowest BCUT2D eigenvalue weighted by atomic mass is 10.1. The van der Waals surface area contributed by atoms with Gasteiger partial charge in [-0.05, 0) is 45.0 Å². The van der Waals surface area contributed by atoms with E-state index in [1.165, 1.54) is 34.1 Å². The Morgan fingerprint density at radius 3 is 2.23 bits per heavy atom. The zero-order chi connectivity index (χ0) is 19.3. The summed E-state index contributed by atoms with van der Waals surface area (Å²) >= 11 is 0. The Morgan fingerprint density at radius 1 is 1.12 bits per heavy atom. The first-order valence-electron chi connectivity index (χ1n) is 9.16. The molecule has 1 aromatic rings. The summed E-state index contributed by atoms with van der Waals surface area (Å²) < 4.78 is 13.0. The van der Waals surface area contributed by atoms with Crippen molar-refractivity contribution in [1.29, 1.82) is 0 Å². The third-order valence-corrected chi connectivity index (χ3v) is 4.75. The summed E-state index contributed by atoms with van der Waals surface area (Å²) in [6.45, 7) is 10.2. The van der Waals surface area contributed by atoms with Crippen LogP contribution < -0.4 is 15.1 Å². The van der Waals surface area contributed by atoms with Gasteiger partial charge in [0, 0.05) is 11.2 Å². The van der Waals surface area contributed by atoms with Crippen molar-refractivity contribution in [1.82, 2.24) is 4.90 Å². The molecular weight excluding hydrogens is 335 g/mol. The molecule has 3 N–H and O–H groups in total. The normalized spacial score (nSPS) is 20.5. The maximum Gasteiger partial charge on any atom is 0.278 e. The number of rotatable bonds is 5. The molecule has 1 aliphatic rings. The topological polar surface area (TPSA) is 58.3 Å². The monoisotopic (exact) mass is 366 g/mol. The second kappa shape index (κ2) is 8.60. The molecule has 0 aliphatic carbocycles. The van der Waals surface area contributed by atoms with E-state index in [1.807, 2.05) is 20.8 Å². The molecule has 1 aromatic carbocycles. The third kappa shape index (κ3) is 6.07. The molecule has 1 aliphatic heterocycles. The molecule has 0 saturated carbocycles. The summed E-state index contributed by atoms with van der Waals surface area (Å²) in [6.07, 6.45) is 0. The van der Waals surface area contributed by atoms with Gasteiger partial charge >= 0.3 is 0 Å². The van der Waals surface area contributed by atoms with Gasteiger partial charge in [-0.15, -0.1) is 0 Å². The SMILES string of the molecule is C[NH+]1CC[NH+](CC(=O)N(CC(=O)Nc2ccc(F)cc2)C(C)(C)C)CC1. The molecule has 26 heavy (non-hydrogen) atoms. The summed E-state index contributed by atoms with van der Waals surface area (Å²) in [6, 6.07) is 5.60. The first kappa shape index (κ1) is 20.3. The highest BCUT2D eigenvalue weighted by atomic mass is 19.1. The number of benzene rings is 1. The largest absolute Gasteiger partial charge is 0.328 e. The fraction of sp³-hybridized carbons (Fsp3) is 0.579. The lowest BCUT2D eigenvalue weighted by Gasteiger charge is -2.36. The van der Waals surface area contributed by atoms with Gasteiger partial charge in [-0.25, -0.2) is 4.39 Å². The number of halogens is 1. The van der Waals surface area contributed by atoms with Crippen LogP contribution in [0, 0.1) is 5.82 Å². The van der Waals surface area contributed by atoms with Gasteiger partial charge in [0.25, 0.3) is 5.91 Å². The molecule has 7 heteroatoms. The van der Waals surface area contributed by atoms with Crippen molar-refractivity contribution in [2.24, 2.45) is 0 Å². The van der Waals surface area contributed by atoms with Crippen molar-refractivity contribution >= 4 is 17.5 Å². The lowest BCUT2D eigenvalue weighted by Crippen LogP contribution is -3.27. The Balaban J connectivity index is 1.96. The third-order valence-electron chi connectivity index (χ3n) is 4.75. The minimum absolute atomic E-state index is 0.0127. The average Bonchev–Trinajstić information content (AvgIpc) is 2.56. The number of nitrogens with one attached hydrogen (secondary N) is 3. The van der Waals surface area contributed by atoms with Crippen LogP contribution in [-0.4, -0.2) is 68.6 Å². The molecule has 144 valence electrons. The van der Waals surface area contributed by atoms with Gasteiger partial charge in [-0.1, -0.05) is 0 Å². The Hall–Kier alpha value is -1.99. The number of quaternary nitrogens is 2. The highest BCUT2D eigenvalue weighted by Gasteiger charge is 2.32. The smallest absolute Gasteiger partial charge is 0.278 e. The number of likely N-dealkylation sites (N-methyl/N-ethyl adjacent to an activating group) is 1. The minimum atomic E-state index is -0.450. The van der Waals surface area contributed by atoms with Gasteiger partial charge in [-0.3, -0.25) is 9.59 Å². The van der Waals surface area contributed by atoms with E-state index in [1.54, 1.807) is 4.90 Å². The highest BCUT2D eigenvalue weighted by molar-refractivity contribution is 5.94. The predicted molar refractivity (Wildman–Crippen MR) is 98.7 cm³/mol. The molecule has 0 atom stereocenters. The maximum absolute atomic E-state index is 13.0. The van der Waals surface area contributed by atoms with E-state index in [0.29, 0.717) is 12.2 Å². The summed E-state index contributed by atoms with van der Waals surface area (Å²) in [5, 5.41) is 2.73. The predicted octanol–water partition coefficient (Wildman–Crippen LogP) is -1.20. The Kier molecular flexibility index (Phi) is 6.72. The van der Waals surface area contributed by atoms with Crippen molar-refractivity contribution in [3.05, 3.63) is 30.1 Å². The first-order chi connectivity index (χ1) is 12.1. The van der Waals surface area contributed by atoms with E-state index in [2.05, 4.69) is 12.4 Å². The number of hydrogen-bond acceptors (Lipinski definition) is 2. The van der Waals surface area contributed by atoms with E-state index in [9.17, 15) is 14.0 Å². The van der Waals surface area contributed by atoms with Gasteiger partial charge in [-0.2, -0.15) is 0 Å². The van der Waals surface area contributed by atoms with Crippen LogP contribution >= 0.6 is 0 Å².